The molecule has 2 N–H and O–H groups in total. The predicted molar refractivity (Wildman–Crippen MR) is 49.3 cm³/mol. The maximum atomic E-state index is 11.4. The van der Waals surface area contributed by atoms with Crippen LogP contribution in [0.4, 0.5) is 0 Å². The Kier molecular flexibility index (Phi) is 1.78. The minimum absolute atomic E-state index is 0.152. The van der Waals surface area contributed by atoms with Crippen LogP contribution >= 0.6 is 0 Å². The minimum Gasteiger partial charge on any atom is -0.477 e. The summed E-state index contributed by atoms with van der Waals surface area (Å²) in [6.45, 7) is 0. The molecule has 2 aromatic rings. The number of hydrogen-bond donors (Lipinski definition) is 2. The Morgan fingerprint density at radius 1 is 1.50 bits per heavy atom. The predicted octanol–water partition coefficient (Wildman–Crippen LogP) is 0.621. The second-order valence-corrected chi connectivity index (χ2v) is 2.75. The van der Waals surface area contributed by atoms with Gasteiger partial charge in [0.05, 0.1) is 5.39 Å². The van der Waals surface area contributed by atoms with Gasteiger partial charge in [-0.15, -0.1) is 0 Å². The molecular formula is C9H6N2O3. The molecule has 0 unspecified atom stereocenters. The van der Waals surface area contributed by atoms with Gasteiger partial charge in [0.15, 0.2) is 5.43 Å². The molecule has 70 valence electrons. The first-order valence-corrected chi connectivity index (χ1v) is 3.90. The van der Waals surface area contributed by atoms with E-state index in [1.807, 2.05) is 0 Å². The van der Waals surface area contributed by atoms with E-state index >= 15 is 0 Å². The zero-order valence-electron chi connectivity index (χ0n) is 7.02. The number of aromatic amines is 1. The topological polar surface area (TPSA) is 83.0 Å². The molecule has 0 saturated carbocycles. The van der Waals surface area contributed by atoms with E-state index in [2.05, 4.69) is 9.97 Å². The van der Waals surface area contributed by atoms with E-state index in [0.29, 0.717) is 5.39 Å². The van der Waals surface area contributed by atoms with E-state index in [-0.39, 0.29) is 16.8 Å². The summed E-state index contributed by atoms with van der Waals surface area (Å²) in [5, 5.41) is 9.06. The normalized spacial score (nSPS) is 10.3. The molecule has 0 bridgehead atoms. The smallest absolute Gasteiger partial charge is 0.352 e. The molecule has 0 aliphatic carbocycles. The Balaban J connectivity index is 2.86. The Morgan fingerprint density at radius 3 is 3.00 bits per heavy atom. The number of carbonyl (C=O) groups is 1. The van der Waals surface area contributed by atoms with Crippen molar-refractivity contribution in [3.05, 3.63) is 40.3 Å². The zero-order valence-corrected chi connectivity index (χ0v) is 7.02. The second-order valence-electron chi connectivity index (χ2n) is 2.75. The summed E-state index contributed by atoms with van der Waals surface area (Å²) in [6, 6.07) is 4.26. The highest BCUT2D eigenvalue weighted by Crippen LogP contribution is 2.03. The fraction of sp³-hybridized carbons (Fsp3) is 0. The summed E-state index contributed by atoms with van der Waals surface area (Å²) in [6.07, 6.45) is 1.49. The minimum atomic E-state index is -1.17. The van der Waals surface area contributed by atoms with Crippen molar-refractivity contribution in [2.75, 3.05) is 0 Å². The van der Waals surface area contributed by atoms with Crippen molar-refractivity contribution in [2.45, 2.75) is 0 Å². The molecule has 0 saturated heterocycles. The molecule has 0 radical (unpaired) electrons. The van der Waals surface area contributed by atoms with Gasteiger partial charge < -0.3 is 10.1 Å². The summed E-state index contributed by atoms with van der Waals surface area (Å²) in [5.74, 6) is -1.17. The van der Waals surface area contributed by atoms with Gasteiger partial charge in [-0.05, 0) is 12.1 Å². The Hall–Kier alpha value is -2.17. The van der Waals surface area contributed by atoms with Crippen molar-refractivity contribution in [3.8, 4) is 0 Å². The van der Waals surface area contributed by atoms with Gasteiger partial charge in [0.2, 0.25) is 0 Å². The van der Waals surface area contributed by atoms with Gasteiger partial charge in [0, 0.05) is 12.3 Å². The van der Waals surface area contributed by atoms with Gasteiger partial charge in [0.25, 0.3) is 0 Å². The lowest BCUT2D eigenvalue weighted by Gasteiger charge is -1.97. The summed E-state index contributed by atoms with van der Waals surface area (Å²) in [7, 11) is 0. The number of carboxylic acid groups (broad SMARTS) is 1. The Morgan fingerprint density at radius 2 is 2.29 bits per heavy atom. The highest BCUT2D eigenvalue weighted by Gasteiger charge is 2.07. The van der Waals surface area contributed by atoms with Crippen LogP contribution in [0.2, 0.25) is 0 Å². The lowest BCUT2D eigenvalue weighted by molar-refractivity contribution is 0.0691. The van der Waals surface area contributed by atoms with E-state index in [9.17, 15) is 9.59 Å². The Bertz CT molecular complexity index is 559. The van der Waals surface area contributed by atoms with Crippen LogP contribution in [0.5, 0.6) is 0 Å². The number of hydrogen-bond acceptors (Lipinski definition) is 3. The molecule has 2 aromatic heterocycles. The molecule has 5 nitrogen and oxygen atoms in total. The van der Waals surface area contributed by atoms with E-state index in [1.54, 1.807) is 12.1 Å². The molecule has 0 spiro atoms. The lowest BCUT2D eigenvalue weighted by Crippen LogP contribution is -2.09. The molecule has 0 atom stereocenters. The maximum absolute atomic E-state index is 11.4. The zero-order chi connectivity index (χ0) is 10.1. The molecule has 0 aromatic carbocycles. The summed E-state index contributed by atoms with van der Waals surface area (Å²) < 4.78 is 0. The van der Waals surface area contributed by atoms with Gasteiger partial charge in [-0.25, -0.2) is 9.78 Å². The van der Waals surface area contributed by atoms with Crippen molar-refractivity contribution < 1.29 is 9.90 Å². The van der Waals surface area contributed by atoms with Crippen molar-refractivity contribution in [1.29, 1.82) is 0 Å². The first kappa shape index (κ1) is 8.43. The van der Waals surface area contributed by atoms with Crippen LogP contribution in [-0.2, 0) is 0 Å². The average Bonchev–Trinajstić information content (AvgIpc) is 2.17. The van der Waals surface area contributed by atoms with Gasteiger partial charge in [-0.1, -0.05) is 0 Å². The van der Waals surface area contributed by atoms with Gasteiger partial charge in [0.1, 0.15) is 11.3 Å². The first-order chi connectivity index (χ1) is 6.68. The fourth-order valence-corrected chi connectivity index (χ4v) is 1.19. The number of aromatic nitrogens is 2. The highest BCUT2D eigenvalue weighted by atomic mass is 16.4. The SMILES string of the molecule is O=C(O)c1cc(=O)c2cccnc2[nH]1. The van der Waals surface area contributed by atoms with E-state index < -0.39 is 5.97 Å². The standard InChI is InChI=1S/C9H6N2O3/c12-7-4-6(9(13)14)11-8-5(7)2-1-3-10-8/h1-4H,(H,13,14)(H,10,11,12). The third-order valence-corrected chi connectivity index (χ3v) is 1.83. The quantitative estimate of drug-likeness (QED) is 0.690. The molecule has 0 aliphatic rings. The molecule has 0 fully saturated rings. The lowest BCUT2D eigenvalue weighted by atomic mass is 10.2. The monoisotopic (exact) mass is 190 g/mol. The number of rotatable bonds is 1. The molecule has 14 heavy (non-hydrogen) atoms. The Labute approximate surface area is 78.0 Å². The molecule has 2 rings (SSSR count). The van der Waals surface area contributed by atoms with Gasteiger partial charge in [-0.2, -0.15) is 0 Å². The van der Waals surface area contributed by atoms with Crippen LogP contribution in [0.25, 0.3) is 11.0 Å². The van der Waals surface area contributed by atoms with Crippen molar-refractivity contribution in [2.24, 2.45) is 0 Å². The van der Waals surface area contributed by atoms with Crippen LogP contribution in [0.1, 0.15) is 10.5 Å². The summed E-state index contributed by atoms with van der Waals surface area (Å²) in [5.41, 5.74) is -0.206. The van der Waals surface area contributed by atoms with E-state index in [4.69, 9.17) is 5.11 Å². The number of carboxylic acids is 1. The number of fused-ring (bicyclic) bond motifs is 1. The third-order valence-electron chi connectivity index (χ3n) is 1.83. The maximum Gasteiger partial charge on any atom is 0.352 e. The number of pyridine rings is 2. The molecule has 0 amide bonds. The number of aromatic carboxylic acids is 1. The largest absolute Gasteiger partial charge is 0.477 e. The van der Waals surface area contributed by atoms with Crippen molar-refractivity contribution in [1.82, 2.24) is 9.97 Å². The fourth-order valence-electron chi connectivity index (χ4n) is 1.19. The van der Waals surface area contributed by atoms with Gasteiger partial charge in [-0.3, -0.25) is 4.79 Å². The number of nitrogens with zero attached hydrogens (tertiary/aromatic N) is 1. The van der Waals surface area contributed by atoms with E-state index in [0.717, 1.165) is 6.07 Å². The molecule has 0 aliphatic heterocycles. The van der Waals surface area contributed by atoms with E-state index in [1.165, 1.54) is 6.20 Å². The summed E-state index contributed by atoms with van der Waals surface area (Å²) >= 11 is 0. The molecular weight excluding hydrogens is 184 g/mol. The van der Waals surface area contributed by atoms with Crippen LogP contribution in [-0.4, -0.2) is 21.0 Å². The van der Waals surface area contributed by atoms with Gasteiger partial charge >= 0.3 is 5.97 Å². The van der Waals surface area contributed by atoms with Crippen LogP contribution < -0.4 is 5.43 Å². The third kappa shape index (κ3) is 1.24. The molecule has 5 heteroatoms. The second kappa shape index (κ2) is 2.95. The summed E-state index contributed by atoms with van der Waals surface area (Å²) in [4.78, 5) is 28.4. The van der Waals surface area contributed by atoms with Crippen molar-refractivity contribution >= 4 is 17.0 Å². The average molecular weight is 190 g/mol. The van der Waals surface area contributed by atoms with Crippen LogP contribution in [0.15, 0.2) is 29.2 Å². The van der Waals surface area contributed by atoms with Crippen LogP contribution in [0, 0.1) is 0 Å². The first-order valence-electron chi connectivity index (χ1n) is 3.90. The molecule has 2 heterocycles. The number of nitrogens with one attached hydrogen (secondary N) is 1. The van der Waals surface area contributed by atoms with Crippen LogP contribution in [0.3, 0.4) is 0 Å². The highest BCUT2D eigenvalue weighted by molar-refractivity contribution is 5.88. The van der Waals surface area contributed by atoms with Crippen molar-refractivity contribution in [3.63, 3.8) is 0 Å². The number of H-pyrrole nitrogens is 1.